The Morgan fingerprint density at radius 1 is 1.24 bits per heavy atom. The molecule has 0 aliphatic heterocycles. The first-order chi connectivity index (χ1) is 9.88. The third kappa shape index (κ3) is 3.55. The highest BCUT2D eigenvalue weighted by Crippen LogP contribution is 2.32. The first-order valence-electron chi connectivity index (χ1n) is 6.04. The monoisotopic (exact) mass is 356 g/mol. The normalized spacial score (nSPS) is 12.0. The number of nitro benzene ring substituents is 1. The van der Waals surface area contributed by atoms with Gasteiger partial charge in [0, 0.05) is 16.6 Å². The summed E-state index contributed by atoms with van der Waals surface area (Å²) in [6, 6.07) is 8.15. The van der Waals surface area contributed by atoms with Crippen LogP contribution in [0.1, 0.15) is 18.5 Å². The Balaban J connectivity index is 2.34. The van der Waals surface area contributed by atoms with Crippen LogP contribution < -0.4 is 5.32 Å². The summed E-state index contributed by atoms with van der Waals surface area (Å²) < 4.78 is 27.8. The number of nitrogens with zero attached hydrogens (tertiary/aromatic N) is 1. The van der Waals surface area contributed by atoms with E-state index in [1.54, 1.807) is 19.1 Å². The van der Waals surface area contributed by atoms with E-state index in [9.17, 15) is 18.9 Å². The fourth-order valence-corrected chi connectivity index (χ4v) is 2.16. The molecule has 1 N–H and O–H groups in total. The van der Waals surface area contributed by atoms with Crippen LogP contribution in [0.3, 0.4) is 0 Å². The van der Waals surface area contributed by atoms with Crippen LogP contribution in [0.15, 0.2) is 40.9 Å². The smallest absolute Gasteiger partial charge is 0.298 e. The topological polar surface area (TPSA) is 55.2 Å². The number of nitro groups is 1. The van der Waals surface area contributed by atoms with Crippen LogP contribution >= 0.6 is 15.9 Å². The lowest BCUT2D eigenvalue weighted by Gasteiger charge is -2.16. The van der Waals surface area contributed by atoms with Crippen LogP contribution in [0, 0.1) is 21.7 Å². The SMILES string of the molecule is CC(Nc1c(F)cc(F)cc1[N+](=O)[O-])c1ccc(Br)cc1. The Hall–Kier alpha value is -2.02. The molecule has 1 unspecified atom stereocenters. The molecule has 0 heterocycles. The van der Waals surface area contributed by atoms with E-state index in [2.05, 4.69) is 21.2 Å². The van der Waals surface area contributed by atoms with Crippen LogP contribution in [-0.4, -0.2) is 4.92 Å². The first kappa shape index (κ1) is 15.4. The average Bonchev–Trinajstić information content (AvgIpc) is 2.41. The number of hydrogen-bond acceptors (Lipinski definition) is 3. The first-order valence-corrected chi connectivity index (χ1v) is 6.83. The van der Waals surface area contributed by atoms with Gasteiger partial charge in [-0.05, 0) is 24.6 Å². The quantitative estimate of drug-likeness (QED) is 0.631. The molecule has 0 spiro atoms. The van der Waals surface area contributed by atoms with Gasteiger partial charge in [0.25, 0.3) is 5.69 Å². The molecule has 4 nitrogen and oxygen atoms in total. The lowest BCUT2D eigenvalue weighted by atomic mass is 10.1. The third-order valence-electron chi connectivity index (χ3n) is 2.96. The van der Waals surface area contributed by atoms with Gasteiger partial charge in [-0.25, -0.2) is 8.78 Å². The molecule has 110 valence electrons. The predicted octanol–water partition coefficient (Wildman–Crippen LogP) is 4.81. The Morgan fingerprint density at radius 2 is 1.86 bits per heavy atom. The zero-order valence-corrected chi connectivity index (χ0v) is 12.5. The summed E-state index contributed by atoms with van der Waals surface area (Å²) in [5.74, 6) is -1.98. The largest absolute Gasteiger partial charge is 0.371 e. The number of rotatable bonds is 4. The van der Waals surface area contributed by atoms with Crippen molar-refractivity contribution in [2.45, 2.75) is 13.0 Å². The molecule has 0 aliphatic rings. The molecule has 0 fully saturated rings. The van der Waals surface area contributed by atoms with Crippen LogP contribution in [0.25, 0.3) is 0 Å². The zero-order chi connectivity index (χ0) is 15.6. The maximum absolute atomic E-state index is 13.8. The molecular weight excluding hydrogens is 346 g/mol. The van der Waals surface area contributed by atoms with Gasteiger partial charge >= 0.3 is 0 Å². The molecule has 2 aromatic carbocycles. The maximum Gasteiger partial charge on any atom is 0.298 e. The fourth-order valence-electron chi connectivity index (χ4n) is 1.90. The molecule has 1 atom stereocenters. The number of halogens is 3. The molecule has 2 aromatic rings. The molecule has 2 rings (SSSR count). The van der Waals surface area contributed by atoms with Crippen LogP contribution in [0.2, 0.25) is 0 Å². The van der Waals surface area contributed by atoms with Gasteiger partial charge in [0.05, 0.1) is 11.0 Å². The van der Waals surface area contributed by atoms with E-state index in [4.69, 9.17) is 0 Å². The number of hydrogen-bond donors (Lipinski definition) is 1. The number of benzene rings is 2. The molecule has 0 aliphatic carbocycles. The van der Waals surface area contributed by atoms with E-state index in [-0.39, 0.29) is 11.7 Å². The third-order valence-corrected chi connectivity index (χ3v) is 3.49. The van der Waals surface area contributed by atoms with Crippen LogP contribution in [-0.2, 0) is 0 Å². The molecule has 0 bridgehead atoms. The standard InChI is InChI=1S/C14H11BrF2N2O2/c1-8(9-2-4-10(15)5-3-9)18-14-12(17)6-11(16)7-13(14)19(20)21/h2-8,18H,1H3. The number of anilines is 1. The molecule has 0 aromatic heterocycles. The Bertz CT molecular complexity index is 677. The van der Waals surface area contributed by atoms with Crippen molar-refractivity contribution >= 4 is 27.3 Å². The molecule has 0 radical (unpaired) electrons. The van der Waals surface area contributed by atoms with Crippen molar-refractivity contribution in [3.05, 3.63) is 68.2 Å². The van der Waals surface area contributed by atoms with Crippen molar-refractivity contribution in [3.63, 3.8) is 0 Å². The van der Waals surface area contributed by atoms with Gasteiger partial charge in [0.15, 0.2) is 5.82 Å². The van der Waals surface area contributed by atoms with Crippen molar-refractivity contribution < 1.29 is 13.7 Å². The maximum atomic E-state index is 13.8. The summed E-state index contributed by atoms with van der Waals surface area (Å²) in [5.41, 5.74) is -0.135. The Labute approximate surface area is 128 Å². The van der Waals surface area contributed by atoms with E-state index >= 15 is 0 Å². The summed E-state index contributed by atoms with van der Waals surface area (Å²) >= 11 is 3.30. The lowest BCUT2D eigenvalue weighted by Crippen LogP contribution is -2.10. The molecule has 7 heteroatoms. The molecule has 0 amide bonds. The van der Waals surface area contributed by atoms with Crippen molar-refractivity contribution in [2.75, 3.05) is 5.32 Å². The van der Waals surface area contributed by atoms with Gasteiger partial charge in [-0.1, -0.05) is 28.1 Å². The zero-order valence-electron chi connectivity index (χ0n) is 10.9. The predicted molar refractivity (Wildman–Crippen MR) is 79.2 cm³/mol. The van der Waals surface area contributed by atoms with Gasteiger partial charge in [0.1, 0.15) is 11.5 Å². The number of nitrogens with one attached hydrogen (secondary N) is 1. The minimum absolute atomic E-state index is 0.322. The van der Waals surface area contributed by atoms with E-state index in [1.807, 2.05) is 12.1 Å². The van der Waals surface area contributed by atoms with E-state index in [0.717, 1.165) is 10.0 Å². The van der Waals surface area contributed by atoms with Crippen molar-refractivity contribution in [2.24, 2.45) is 0 Å². The van der Waals surface area contributed by atoms with E-state index in [0.29, 0.717) is 12.1 Å². The summed E-state index contributed by atoms with van der Waals surface area (Å²) in [6.07, 6.45) is 0. The van der Waals surface area contributed by atoms with Gasteiger partial charge in [-0.15, -0.1) is 0 Å². The summed E-state index contributed by atoms with van der Waals surface area (Å²) in [5, 5.41) is 13.6. The summed E-state index contributed by atoms with van der Waals surface area (Å²) in [7, 11) is 0. The summed E-state index contributed by atoms with van der Waals surface area (Å²) in [4.78, 5) is 10.1. The van der Waals surface area contributed by atoms with E-state index in [1.165, 1.54) is 0 Å². The fraction of sp³-hybridized carbons (Fsp3) is 0.143. The van der Waals surface area contributed by atoms with Gasteiger partial charge in [-0.2, -0.15) is 0 Å². The van der Waals surface area contributed by atoms with Crippen LogP contribution in [0.5, 0.6) is 0 Å². The molecule has 0 saturated carbocycles. The Kier molecular flexibility index (Phi) is 4.52. The summed E-state index contributed by atoms with van der Waals surface area (Å²) in [6.45, 7) is 1.73. The second-order valence-electron chi connectivity index (χ2n) is 4.46. The second kappa shape index (κ2) is 6.17. The van der Waals surface area contributed by atoms with Crippen LogP contribution in [0.4, 0.5) is 20.2 Å². The average molecular weight is 357 g/mol. The van der Waals surface area contributed by atoms with Crippen molar-refractivity contribution in [1.29, 1.82) is 0 Å². The minimum atomic E-state index is -0.995. The van der Waals surface area contributed by atoms with Gasteiger partial charge in [-0.3, -0.25) is 10.1 Å². The molecule has 21 heavy (non-hydrogen) atoms. The van der Waals surface area contributed by atoms with Gasteiger partial charge in [0.2, 0.25) is 0 Å². The van der Waals surface area contributed by atoms with Crippen molar-refractivity contribution in [3.8, 4) is 0 Å². The van der Waals surface area contributed by atoms with Gasteiger partial charge < -0.3 is 5.32 Å². The lowest BCUT2D eigenvalue weighted by molar-refractivity contribution is -0.384. The highest BCUT2D eigenvalue weighted by atomic mass is 79.9. The highest BCUT2D eigenvalue weighted by molar-refractivity contribution is 9.10. The second-order valence-corrected chi connectivity index (χ2v) is 5.37. The molecular formula is C14H11BrF2N2O2. The molecule has 0 saturated heterocycles. The Morgan fingerprint density at radius 3 is 2.43 bits per heavy atom. The minimum Gasteiger partial charge on any atom is -0.371 e. The van der Waals surface area contributed by atoms with E-state index < -0.39 is 22.2 Å². The highest BCUT2D eigenvalue weighted by Gasteiger charge is 2.22. The van der Waals surface area contributed by atoms with Crippen molar-refractivity contribution in [1.82, 2.24) is 0 Å².